The van der Waals surface area contributed by atoms with E-state index in [1.807, 2.05) is 38.1 Å². The van der Waals surface area contributed by atoms with Crippen molar-refractivity contribution in [1.82, 2.24) is 10.2 Å². The number of para-hydroxylation sites is 1. The summed E-state index contributed by atoms with van der Waals surface area (Å²) in [5.41, 5.74) is 1.63. The highest BCUT2D eigenvalue weighted by atomic mass is 35.5. The van der Waals surface area contributed by atoms with Crippen molar-refractivity contribution in [2.45, 2.75) is 59.0 Å². The van der Waals surface area contributed by atoms with Gasteiger partial charge in [0.1, 0.15) is 11.8 Å². The molecule has 0 spiro atoms. The second-order valence-electron chi connectivity index (χ2n) is 7.92. The average molecular weight is 479 g/mol. The summed E-state index contributed by atoms with van der Waals surface area (Å²) in [5.74, 6) is 0.407. The minimum absolute atomic E-state index is 0.116. The topological polar surface area (TPSA) is 58.6 Å². The SMILES string of the molecule is CCCNC(=O)[C@@H](CC)N(Cc1c(Cl)cccc1Cl)C(=O)COc1ccccc1C(C)C. The zero-order valence-corrected chi connectivity index (χ0v) is 20.7. The highest BCUT2D eigenvalue weighted by Crippen LogP contribution is 2.28. The number of benzene rings is 2. The van der Waals surface area contributed by atoms with E-state index >= 15 is 0 Å². The smallest absolute Gasteiger partial charge is 0.261 e. The molecule has 0 fully saturated rings. The number of nitrogens with one attached hydrogen (secondary N) is 1. The minimum atomic E-state index is -0.662. The number of rotatable bonds is 11. The Bertz CT molecular complexity index is 898. The fourth-order valence-electron chi connectivity index (χ4n) is 3.45. The van der Waals surface area contributed by atoms with Gasteiger partial charge in [0.05, 0.1) is 0 Å². The molecular weight excluding hydrogens is 447 g/mol. The first kappa shape index (κ1) is 26.0. The number of hydrogen-bond donors (Lipinski definition) is 1. The Balaban J connectivity index is 2.30. The van der Waals surface area contributed by atoms with Crippen molar-refractivity contribution in [2.75, 3.05) is 13.2 Å². The summed E-state index contributed by atoms with van der Waals surface area (Å²) in [6.07, 6.45) is 1.26. The third-order valence-electron chi connectivity index (χ3n) is 5.22. The first-order valence-corrected chi connectivity index (χ1v) is 11.8. The summed E-state index contributed by atoms with van der Waals surface area (Å²) in [6, 6.07) is 12.2. The lowest BCUT2D eigenvalue weighted by Gasteiger charge is -2.31. The maximum Gasteiger partial charge on any atom is 0.261 e. The molecule has 174 valence electrons. The van der Waals surface area contributed by atoms with E-state index in [9.17, 15) is 9.59 Å². The van der Waals surface area contributed by atoms with Gasteiger partial charge < -0.3 is 15.0 Å². The summed E-state index contributed by atoms with van der Waals surface area (Å²) in [7, 11) is 0. The highest BCUT2D eigenvalue weighted by molar-refractivity contribution is 6.36. The molecule has 7 heteroatoms. The van der Waals surface area contributed by atoms with Crippen LogP contribution in [0, 0.1) is 0 Å². The number of ether oxygens (including phenoxy) is 1. The van der Waals surface area contributed by atoms with Crippen LogP contribution in [0.5, 0.6) is 5.75 Å². The van der Waals surface area contributed by atoms with E-state index in [0.717, 1.165) is 12.0 Å². The number of halogens is 2. The van der Waals surface area contributed by atoms with Crippen LogP contribution in [0.25, 0.3) is 0 Å². The van der Waals surface area contributed by atoms with Crippen LogP contribution in [-0.2, 0) is 16.1 Å². The van der Waals surface area contributed by atoms with Crippen molar-refractivity contribution >= 4 is 35.0 Å². The Labute approximate surface area is 201 Å². The van der Waals surface area contributed by atoms with Crippen LogP contribution in [0.3, 0.4) is 0 Å². The molecule has 2 rings (SSSR count). The summed E-state index contributed by atoms with van der Waals surface area (Å²) in [6.45, 7) is 8.46. The Morgan fingerprint density at radius 2 is 1.69 bits per heavy atom. The molecule has 2 amide bonds. The van der Waals surface area contributed by atoms with Gasteiger partial charge in [-0.3, -0.25) is 9.59 Å². The standard InChI is InChI=1S/C25H32Cl2N2O3/c1-5-14-28-25(31)22(6-2)29(15-19-20(26)11-9-12-21(19)27)24(30)16-32-23-13-8-7-10-18(23)17(3)4/h7-13,17,22H,5-6,14-16H2,1-4H3,(H,28,31)/t22-/m1/s1. The summed E-state index contributed by atoms with van der Waals surface area (Å²) < 4.78 is 5.91. The van der Waals surface area contributed by atoms with Crippen LogP contribution < -0.4 is 10.1 Å². The number of carbonyl (C=O) groups is 2. The molecule has 0 saturated carbocycles. The van der Waals surface area contributed by atoms with Crippen LogP contribution in [0.15, 0.2) is 42.5 Å². The van der Waals surface area contributed by atoms with E-state index in [1.54, 1.807) is 18.2 Å². The van der Waals surface area contributed by atoms with Gasteiger partial charge in [0, 0.05) is 28.7 Å². The molecule has 0 aliphatic rings. The van der Waals surface area contributed by atoms with E-state index in [2.05, 4.69) is 19.2 Å². The molecule has 2 aromatic rings. The summed E-state index contributed by atoms with van der Waals surface area (Å²) >= 11 is 12.7. The fourth-order valence-corrected chi connectivity index (χ4v) is 3.97. The van der Waals surface area contributed by atoms with Crippen LogP contribution in [-0.4, -0.2) is 35.9 Å². The number of amides is 2. The van der Waals surface area contributed by atoms with Crippen LogP contribution in [0.1, 0.15) is 57.6 Å². The molecular formula is C25H32Cl2N2O3. The molecule has 0 bridgehead atoms. The van der Waals surface area contributed by atoms with Crippen molar-refractivity contribution < 1.29 is 14.3 Å². The Morgan fingerprint density at radius 1 is 1.03 bits per heavy atom. The minimum Gasteiger partial charge on any atom is -0.483 e. The first-order valence-electron chi connectivity index (χ1n) is 11.0. The van der Waals surface area contributed by atoms with Gasteiger partial charge in [-0.2, -0.15) is 0 Å². The third kappa shape index (κ3) is 6.88. The van der Waals surface area contributed by atoms with Gasteiger partial charge in [-0.1, -0.05) is 75.2 Å². The molecule has 1 N–H and O–H groups in total. The van der Waals surface area contributed by atoms with E-state index < -0.39 is 6.04 Å². The second-order valence-corrected chi connectivity index (χ2v) is 8.73. The molecule has 0 radical (unpaired) electrons. The summed E-state index contributed by atoms with van der Waals surface area (Å²) in [5, 5.41) is 3.79. The van der Waals surface area contributed by atoms with Crippen molar-refractivity contribution in [3.8, 4) is 5.75 Å². The van der Waals surface area contributed by atoms with Gasteiger partial charge >= 0.3 is 0 Å². The molecule has 0 unspecified atom stereocenters. The van der Waals surface area contributed by atoms with Crippen LogP contribution in [0.2, 0.25) is 10.0 Å². The molecule has 0 aliphatic carbocycles. The Morgan fingerprint density at radius 3 is 2.28 bits per heavy atom. The second kappa shape index (κ2) is 12.7. The zero-order valence-electron chi connectivity index (χ0n) is 19.2. The largest absolute Gasteiger partial charge is 0.483 e. The fraction of sp³-hybridized carbons (Fsp3) is 0.440. The predicted octanol–water partition coefficient (Wildman–Crippen LogP) is 5.83. The van der Waals surface area contributed by atoms with Crippen LogP contribution in [0.4, 0.5) is 0 Å². The monoisotopic (exact) mass is 478 g/mol. The molecule has 2 aromatic carbocycles. The molecule has 32 heavy (non-hydrogen) atoms. The van der Waals surface area contributed by atoms with Crippen molar-refractivity contribution in [3.63, 3.8) is 0 Å². The molecule has 5 nitrogen and oxygen atoms in total. The van der Waals surface area contributed by atoms with E-state index in [1.165, 1.54) is 4.90 Å². The van der Waals surface area contributed by atoms with E-state index in [-0.39, 0.29) is 30.9 Å². The lowest BCUT2D eigenvalue weighted by Crippen LogP contribution is -2.50. The normalized spacial score (nSPS) is 11.8. The van der Waals surface area contributed by atoms with Crippen LogP contribution >= 0.6 is 23.2 Å². The molecule has 0 saturated heterocycles. The molecule has 0 aliphatic heterocycles. The number of hydrogen-bond acceptors (Lipinski definition) is 3. The maximum atomic E-state index is 13.3. The number of nitrogens with zero attached hydrogens (tertiary/aromatic N) is 1. The van der Waals surface area contributed by atoms with Crippen molar-refractivity contribution in [1.29, 1.82) is 0 Å². The summed E-state index contributed by atoms with van der Waals surface area (Å²) in [4.78, 5) is 27.7. The van der Waals surface area contributed by atoms with E-state index in [4.69, 9.17) is 27.9 Å². The highest BCUT2D eigenvalue weighted by Gasteiger charge is 2.30. The van der Waals surface area contributed by atoms with Gasteiger partial charge in [0.25, 0.3) is 5.91 Å². The average Bonchev–Trinajstić information content (AvgIpc) is 2.77. The third-order valence-corrected chi connectivity index (χ3v) is 5.93. The number of carbonyl (C=O) groups excluding carboxylic acids is 2. The molecule has 1 atom stereocenters. The van der Waals surface area contributed by atoms with Gasteiger partial charge in [0.2, 0.25) is 5.91 Å². The lowest BCUT2D eigenvalue weighted by atomic mass is 10.0. The van der Waals surface area contributed by atoms with E-state index in [0.29, 0.717) is 34.3 Å². The lowest BCUT2D eigenvalue weighted by molar-refractivity contribution is -0.143. The quantitative estimate of drug-likeness (QED) is 0.441. The Hall–Kier alpha value is -2.24. The Kier molecular flexibility index (Phi) is 10.3. The van der Waals surface area contributed by atoms with Gasteiger partial charge in [-0.25, -0.2) is 0 Å². The first-order chi connectivity index (χ1) is 15.3. The van der Waals surface area contributed by atoms with Crippen molar-refractivity contribution in [2.24, 2.45) is 0 Å². The van der Waals surface area contributed by atoms with Gasteiger partial charge in [-0.05, 0) is 42.5 Å². The van der Waals surface area contributed by atoms with Gasteiger partial charge in [-0.15, -0.1) is 0 Å². The molecule has 0 heterocycles. The molecule has 0 aromatic heterocycles. The predicted molar refractivity (Wildman–Crippen MR) is 130 cm³/mol. The van der Waals surface area contributed by atoms with Gasteiger partial charge in [0.15, 0.2) is 6.61 Å². The zero-order chi connectivity index (χ0) is 23.7. The maximum absolute atomic E-state index is 13.3. The van der Waals surface area contributed by atoms with Crippen molar-refractivity contribution in [3.05, 3.63) is 63.6 Å².